The second kappa shape index (κ2) is 7.09. The fraction of sp³-hybridized carbons (Fsp3) is 0.800. The first kappa shape index (κ1) is 13.7. The molecule has 0 heterocycles. The van der Waals surface area contributed by atoms with Crippen LogP contribution in [0.25, 0.3) is 0 Å². The van der Waals surface area contributed by atoms with Gasteiger partial charge >= 0.3 is 0 Å². The zero-order valence-corrected chi connectivity index (χ0v) is 10.6. The number of rotatable bonds is 2. The van der Waals surface area contributed by atoms with Gasteiger partial charge in [-0.1, -0.05) is 0 Å². The molecule has 0 saturated carbocycles. The van der Waals surface area contributed by atoms with Gasteiger partial charge in [0.2, 0.25) is 0 Å². The lowest BCUT2D eigenvalue weighted by atomic mass is 10.4. The zero-order valence-electron chi connectivity index (χ0n) is 10.6. The Morgan fingerprint density at radius 2 is 1.93 bits per heavy atom. The molecule has 0 spiro atoms. The van der Waals surface area contributed by atoms with Crippen molar-refractivity contribution in [1.29, 1.82) is 0 Å². The van der Waals surface area contributed by atoms with Crippen LogP contribution in [-0.2, 0) is 0 Å². The first-order valence-corrected chi connectivity index (χ1v) is 5.23. The highest BCUT2D eigenvalue weighted by atomic mass is 15.3. The molecule has 0 bridgehead atoms. The molecule has 0 atom stereocenters. The fourth-order valence-corrected chi connectivity index (χ4v) is 1.03. The van der Waals surface area contributed by atoms with Crippen LogP contribution in [0.15, 0.2) is 9.98 Å². The SMILES string of the molecule is CCN=C(NC(=NC)N(C)C)NC(C)C. The minimum Gasteiger partial charge on any atom is -0.354 e. The van der Waals surface area contributed by atoms with E-state index in [0.717, 1.165) is 18.5 Å². The smallest absolute Gasteiger partial charge is 0.199 e. The summed E-state index contributed by atoms with van der Waals surface area (Å²) in [6.07, 6.45) is 0. The Bertz CT molecular complexity index is 230. The van der Waals surface area contributed by atoms with Crippen molar-refractivity contribution >= 4 is 11.9 Å². The van der Waals surface area contributed by atoms with Crippen molar-refractivity contribution in [2.24, 2.45) is 9.98 Å². The summed E-state index contributed by atoms with van der Waals surface area (Å²) in [5.41, 5.74) is 0. The molecule has 15 heavy (non-hydrogen) atoms. The maximum absolute atomic E-state index is 4.32. The van der Waals surface area contributed by atoms with Crippen LogP contribution in [0.2, 0.25) is 0 Å². The Morgan fingerprint density at radius 3 is 2.27 bits per heavy atom. The van der Waals surface area contributed by atoms with E-state index in [1.54, 1.807) is 7.05 Å². The first-order valence-electron chi connectivity index (χ1n) is 5.23. The Kier molecular flexibility index (Phi) is 6.49. The molecule has 0 aliphatic heterocycles. The maximum Gasteiger partial charge on any atom is 0.199 e. The van der Waals surface area contributed by atoms with Crippen LogP contribution in [0.3, 0.4) is 0 Å². The summed E-state index contributed by atoms with van der Waals surface area (Å²) in [6.45, 7) is 6.89. The van der Waals surface area contributed by atoms with Crippen molar-refractivity contribution in [1.82, 2.24) is 15.5 Å². The average molecular weight is 213 g/mol. The number of guanidine groups is 2. The van der Waals surface area contributed by atoms with Gasteiger partial charge in [-0.2, -0.15) is 0 Å². The summed E-state index contributed by atoms with van der Waals surface area (Å²) in [4.78, 5) is 10.4. The second-order valence-corrected chi connectivity index (χ2v) is 3.69. The van der Waals surface area contributed by atoms with Gasteiger partial charge in [0, 0.05) is 33.7 Å². The zero-order chi connectivity index (χ0) is 11.8. The molecule has 0 saturated heterocycles. The molecular weight excluding hydrogens is 190 g/mol. The predicted octanol–water partition coefficient (Wildman–Crippen LogP) is 0.497. The molecule has 0 radical (unpaired) electrons. The Hall–Kier alpha value is -1.26. The van der Waals surface area contributed by atoms with E-state index in [2.05, 4.69) is 34.5 Å². The second-order valence-electron chi connectivity index (χ2n) is 3.69. The minimum atomic E-state index is 0.350. The monoisotopic (exact) mass is 213 g/mol. The molecule has 0 rings (SSSR count). The van der Waals surface area contributed by atoms with Gasteiger partial charge in [0.1, 0.15) is 0 Å². The van der Waals surface area contributed by atoms with Gasteiger partial charge in [0.15, 0.2) is 11.9 Å². The lowest BCUT2D eigenvalue weighted by Crippen LogP contribution is -2.48. The largest absolute Gasteiger partial charge is 0.354 e. The van der Waals surface area contributed by atoms with Crippen molar-refractivity contribution < 1.29 is 0 Å². The standard InChI is InChI=1S/C10H23N5/c1-7-12-9(13-8(2)3)14-10(11-4)15(5)6/h8H,7H2,1-6H3,(H2,11,12,13,14). The molecule has 88 valence electrons. The Labute approximate surface area is 92.7 Å². The van der Waals surface area contributed by atoms with Crippen molar-refractivity contribution in [3.05, 3.63) is 0 Å². The fourth-order valence-electron chi connectivity index (χ4n) is 1.03. The molecule has 0 aromatic heterocycles. The topological polar surface area (TPSA) is 52.0 Å². The Morgan fingerprint density at radius 1 is 1.33 bits per heavy atom. The van der Waals surface area contributed by atoms with Gasteiger partial charge in [0.25, 0.3) is 0 Å². The van der Waals surface area contributed by atoms with E-state index in [9.17, 15) is 0 Å². The molecule has 0 amide bonds. The van der Waals surface area contributed by atoms with E-state index < -0.39 is 0 Å². The van der Waals surface area contributed by atoms with E-state index >= 15 is 0 Å². The van der Waals surface area contributed by atoms with Gasteiger partial charge in [-0.05, 0) is 20.8 Å². The average Bonchev–Trinajstić information content (AvgIpc) is 2.12. The van der Waals surface area contributed by atoms with Crippen LogP contribution in [0, 0.1) is 0 Å². The molecule has 0 aliphatic carbocycles. The van der Waals surface area contributed by atoms with Crippen LogP contribution >= 0.6 is 0 Å². The highest BCUT2D eigenvalue weighted by Gasteiger charge is 2.05. The van der Waals surface area contributed by atoms with Crippen LogP contribution in [0.4, 0.5) is 0 Å². The van der Waals surface area contributed by atoms with Gasteiger partial charge < -0.3 is 10.2 Å². The van der Waals surface area contributed by atoms with E-state index in [1.807, 2.05) is 25.9 Å². The number of aliphatic imine (C=N–C) groups is 2. The van der Waals surface area contributed by atoms with E-state index in [0.29, 0.717) is 6.04 Å². The van der Waals surface area contributed by atoms with Crippen LogP contribution < -0.4 is 10.6 Å². The normalized spacial score (nSPS) is 13.0. The molecule has 0 fully saturated rings. The number of nitrogens with one attached hydrogen (secondary N) is 2. The number of nitrogens with zero attached hydrogens (tertiary/aromatic N) is 3. The third-order valence-corrected chi connectivity index (χ3v) is 1.61. The summed E-state index contributed by atoms with van der Waals surface area (Å²) in [5.74, 6) is 1.55. The highest BCUT2D eigenvalue weighted by molar-refractivity contribution is 5.98. The molecule has 5 heteroatoms. The van der Waals surface area contributed by atoms with Gasteiger partial charge in [-0.3, -0.25) is 15.3 Å². The molecular formula is C10H23N5. The van der Waals surface area contributed by atoms with Crippen molar-refractivity contribution in [3.63, 3.8) is 0 Å². The van der Waals surface area contributed by atoms with Crippen LogP contribution in [-0.4, -0.2) is 50.5 Å². The summed E-state index contributed by atoms with van der Waals surface area (Å²) in [7, 11) is 5.63. The highest BCUT2D eigenvalue weighted by Crippen LogP contribution is 1.83. The summed E-state index contributed by atoms with van der Waals surface area (Å²) < 4.78 is 0. The van der Waals surface area contributed by atoms with Gasteiger partial charge in [-0.25, -0.2) is 0 Å². The third-order valence-electron chi connectivity index (χ3n) is 1.61. The quantitative estimate of drug-likeness (QED) is 0.519. The molecule has 5 nitrogen and oxygen atoms in total. The van der Waals surface area contributed by atoms with Crippen molar-refractivity contribution in [2.75, 3.05) is 27.7 Å². The maximum atomic E-state index is 4.32. The molecule has 0 aromatic rings. The van der Waals surface area contributed by atoms with Crippen molar-refractivity contribution in [3.8, 4) is 0 Å². The van der Waals surface area contributed by atoms with Crippen LogP contribution in [0.5, 0.6) is 0 Å². The first-order chi connectivity index (χ1) is 7.01. The van der Waals surface area contributed by atoms with Crippen molar-refractivity contribution in [2.45, 2.75) is 26.8 Å². The van der Waals surface area contributed by atoms with Gasteiger partial charge in [0.05, 0.1) is 0 Å². The van der Waals surface area contributed by atoms with Gasteiger partial charge in [-0.15, -0.1) is 0 Å². The van der Waals surface area contributed by atoms with E-state index in [-0.39, 0.29) is 0 Å². The summed E-state index contributed by atoms with van der Waals surface area (Å²) in [5, 5.41) is 6.38. The minimum absolute atomic E-state index is 0.350. The molecule has 0 aliphatic rings. The van der Waals surface area contributed by atoms with E-state index in [1.165, 1.54) is 0 Å². The summed E-state index contributed by atoms with van der Waals surface area (Å²) in [6, 6.07) is 0.350. The third kappa shape index (κ3) is 5.93. The summed E-state index contributed by atoms with van der Waals surface area (Å²) >= 11 is 0. The molecule has 0 unspecified atom stereocenters. The van der Waals surface area contributed by atoms with E-state index in [4.69, 9.17) is 0 Å². The lowest BCUT2D eigenvalue weighted by molar-refractivity contribution is 0.598. The lowest BCUT2D eigenvalue weighted by Gasteiger charge is -2.20. The Balaban J connectivity index is 4.47. The van der Waals surface area contributed by atoms with Crippen LogP contribution in [0.1, 0.15) is 20.8 Å². The molecule has 0 aromatic carbocycles. The molecule has 2 N–H and O–H groups in total. The number of hydrogen-bond donors (Lipinski definition) is 2. The number of hydrogen-bond acceptors (Lipinski definition) is 2. The predicted molar refractivity (Wildman–Crippen MR) is 66.4 cm³/mol.